The van der Waals surface area contributed by atoms with E-state index in [1.807, 2.05) is 6.92 Å². The molecule has 0 aromatic heterocycles. The normalized spacial score (nSPS) is 16.8. The van der Waals surface area contributed by atoms with Crippen LogP contribution < -0.4 is 0 Å². The van der Waals surface area contributed by atoms with E-state index in [0.717, 1.165) is 19.8 Å². The molecule has 62 valence electrons. The molecule has 0 aliphatic rings. The van der Waals surface area contributed by atoms with Crippen molar-refractivity contribution < 1.29 is 9.47 Å². The van der Waals surface area contributed by atoms with Gasteiger partial charge >= 0.3 is 0 Å². The maximum atomic E-state index is 5.25. The van der Waals surface area contributed by atoms with Crippen molar-refractivity contribution >= 4 is 9.24 Å². The minimum absolute atomic E-state index is 0.0742. The molecule has 0 aliphatic heterocycles. The first-order valence-electron chi connectivity index (χ1n) is 3.48. The quantitative estimate of drug-likeness (QED) is 0.570. The van der Waals surface area contributed by atoms with Gasteiger partial charge in [0.1, 0.15) is 0 Å². The van der Waals surface area contributed by atoms with Gasteiger partial charge in [0.05, 0.1) is 13.2 Å². The highest BCUT2D eigenvalue weighted by molar-refractivity contribution is 7.19. The monoisotopic (exact) mass is 164 g/mol. The summed E-state index contributed by atoms with van der Waals surface area (Å²) in [5, 5.41) is 0.0742. The Hall–Kier alpha value is 0.350. The van der Waals surface area contributed by atoms with Crippen molar-refractivity contribution in [2.45, 2.75) is 19.0 Å². The lowest BCUT2D eigenvalue weighted by Crippen LogP contribution is -2.28. The molecular formula is C7H17O2P. The molecule has 0 bridgehead atoms. The lowest BCUT2D eigenvalue weighted by Gasteiger charge is -2.22. The summed E-state index contributed by atoms with van der Waals surface area (Å²) in [6.07, 6.45) is 0. The summed E-state index contributed by atoms with van der Waals surface area (Å²) in [6, 6.07) is 0. The Morgan fingerprint density at radius 3 is 2.40 bits per heavy atom. The summed E-state index contributed by atoms with van der Waals surface area (Å²) in [4.78, 5) is 0. The molecule has 0 N–H and O–H groups in total. The molecular weight excluding hydrogens is 147 g/mol. The second-order valence-electron chi connectivity index (χ2n) is 2.72. The van der Waals surface area contributed by atoms with Crippen LogP contribution in [0.4, 0.5) is 0 Å². The lowest BCUT2D eigenvalue weighted by molar-refractivity contribution is 0.0859. The first-order chi connectivity index (χ1) is 4.62. The molecule has 3 heteroatoms. The van der Waals surface area contributed by atoms with Crippen molar-refractivity contribution in [3.63, 3.8) is 0 Å². The third kappa shape index (κ3) is 5.16. The van der Waals surface area contributed by atoms with Crippen LogP contribution in [0.5, 0.6) is 0 Å². The van der Waals surface area contributed by atoms with Crippen molar-refractivity contribution in [3.8, 4) is 0 Å². The third-order valence-corrected chi connectivity index (χ3v) is 1.44. The zero-order valence-electron chi connectivity index (χ0n) is 7.02. The van der Waals surface area contributed by atoms with E-state index >= 15 is 0 Å². The number of hydrogen-bond donors (Lipinski definition) is 0. The van der Waals surface area contributed by atoms with Gasteiger partial charge in [0, 0.05) is 18.9 Å². The molecule has 0 aromatic carbocycles. The van der Waals surface area contributed by atoms with Gasteiger partial charge in [-0.2, -0.15) is 0 Å². The van der Waals surface area contributed by atoms with Crippen LogP contribution >= 0.6 is 9.24 Å². The molecule has 0 saturated carbocycles. The zero-order valence-corrected chi connectivity index (χ0v) is 8.17. The van der Waals surface area contributed by atoms with E-state index in [1.165, 1.54) is 0 Å². The van der Waals surface area contributed by atoms with Crippen molar-refractivity contribution in [3.05, 3.63) is 0 Å². The van der Waals surface area contributed by atoms with Crippen molar-refractivity contribution in [2.24, 2.45) is 0 Å². The Kier molecular flexibility index (Phi) is 5.24. The summed E-state index contributed by atoms with van der Waals surface area (Å²) < 4.78 is 10.3. The highest BCUT2D eigenvalue weighted by atomic mass is 31.0. The lowest BCUT2D eigenvalue weighted by atomic mass is 10.2. The maximum absolute atomic E-state index is 5.25. The first-order valence-corrected chi connectivity index (χ1v) is 4.05. The van der Waals surface area contributed by atoms with Gasteiger partial charge in [-0.15, -0.1) is 9.24 Å². The second kappa shape index (κ2) is 5.06. The van der Waals surface area contributed by atoms with Gasteiger partial charge in [0.2, 0.25) is 0 Å². The zero-order chi connectivity index (χ0) is 8.04. The number of rotatable bonds is 5. The van der Waals surface area contributed by atoms with Crippen LogP contribution in [0.2, 0.25) is 0 Å². The number of hydrogen-bond acceptors (Lipinski definition) is 2. The molecule has 10 heavy (non-hydrogen) atoms. The molecule has 0 rings (SSSR count). The van der Waals surface area contributed by atoms with E-state index in [-0.39, 0.29) is 5.16 Å². The van der Waals surface area contributed by atoms with Crippen LogP contribution in [0.3, 0.4) is 0 Å². The number of ether oxygens (including phenoxy) is 2. The third-order valence-electron chi connectivity index (χ3n) is 1.11. The average molecular weight is 164 g/mol. The Morgan fingerprint density at radius 2 is 2.00 bits per heavy atom. The molecule has 0 saturated heterocycles. The highest BCUT2D eigenvalue weighted by Gasteiger charge is 2.17. The van der Waals surface area contributed by atoms with Gasteiger partial charge in [-0.3, -0.25) is 0 Å². The van der Waals surface area contributed by atoms with E-state index < -0.39 is 0 Å². The van der Waals surface area contributed by atoms with Crippen LogP contribution in [0.25, 0.3) is 0 Å². The molecule has 0 fully saturated rings. The van der Waals surface area contributed by atoms with Crippen molar-refractivity contribution in [2.75, 3.05) is 26.9 Å². The molecule has 0 aromatic rings. The van der Waals surface area contributed by atoms with Crippen molar-refractivity contribution in [1.29, 1.82) is 0 Å². The van der Waals surface area contributed by atoms with Gasteiger partial charge in [0.25, 0.3) is 0 Å². The fourth-order valence-corrected chi connectivity index (χ4v) is 0.991. The summed E-state index contributed by atoms with van der Waals surface area (Å²) >= 11 is 0. The fourth-order valence-electron chi connectivity index (χ4n) is 0.707. The largest absolute Gasteiger partial charge is 0.384 e. The molecule has 0 amide bonds. The molecule has 0 spiro atoms. The smallest absolute Gasteiger partial charge is 0.0576 e. The Morgan fingerprint density at radius 1 is 1.40 bits per heavy atom. The van der Waals surface area contributed by atoms with Crippen LogP contribution in [0.1, 0.15) is 13.8 Å². The van der Waals surface area contributed by atoms with E-state index in [1.54, 1.807) is 7.11 Å². The Bertz CT molecular complexity index is 83.7. The summed E-state index contributed by atoms with van der Waals surface area (Å²) in [7, 11) is 4.44. The van der Waals surface area contributed by atoms with Gasteiger partial charge < -0.3 is 9.47 Å². The van der Waals surface area contributed by atoms with Crippen LogP contribution in [-0.2, 0) is 9.47 Å². The second-order valence-corrected chi connectivity index (χ2v) is 4.12. The standard InChI is InChI=1S/C7H17O2P/c1-4-9-6-7(2,10)5-8-3/h4-6,10H2,1-3H3. The predicted octanol–water partition coefficient (Wildman–Crippen LogP) is 1.30. The summed E-state index contributed by atoms with van der Waals surface area (Å²) in [6.45, 7) is 6.32. The molecule has 0 aliphatic carbocycles. The van der Waals surface area contributed by atoms with E-state index in [0.29, 0.717) is 0 Å². The molecule has 2 atom stereocenters. The van der Waals surface area contributed by atoms with Crippen LogP contribution in [0, 0.1) is 0 Å². The average Bonchev–Trinajstić information content (AvgIpc) is 1.84. The van der Waals surface area contributed by atoms with Gasteiger partial charge in [0.15, 0.2) is 0 Å². The van der Waals surface area contributed by atoms with Crippen molar-refractivity contribution in [1.82, 2.24) is 0 Å². The summed E-state index contributed by atoms with van der Waals surface area (Å²) in [5.74, 6) is 0. The summed E-state index contributed by atoms with van der Waals surface area (Å²) in [5.41, 5.74) is 0. The topological polar surface area (TPSA) is 18.5 Å². The first kappa shape index (κ1) is 10.3. The van der Waals surface area contributed by atoms with E-state index in [4.69, 9.17) is 9.47 Å². The maximum Gasteiger partial charge on any atom is 0.0576 e. The van der Waals surface area contributed by atoms with E-state index in [9.17, 15) is 0 Å². The molecule has 0 radical (unpaired) electrons. The predicted molar refractivity (Wildman–Crippen MR) is 46.5 cm³/mol. The SMILES string of the molecule is CCOCC(C)(P)COC. The van der Waals surface area contributed by atoms with Crippen LogP contribution in [0.15, 0.2) is 0 Å². The Balaban J connectivity index is 3.42. The number of methoxy groups -OCH3 is 1. The van der Waals surface area contributed by atoms with E-state index in [2.05, 4.69) is 16.2 Å². The minimum atomic E-state index is 0.0742. The molecule has 0 heterocycles. The van der Waals surface area contributed by atoms with Gasteiger partial charge in [-0.25, -0.2) is 0 Å². The van der Waals surface area contributed by atoms with Gasteiger partial charge in [-0.1, -0.05) is 6.92 Å². The fraction of sp³-hybridized carbons (Fsp3) is 1.00. The molecule has 2 unspecified atom stereocenters. The minimum Gasteiger partial charge on any atom is -0.384 e. The van der Waals surface area contributed by atoms with Gasteiger partial charge in [-0.05, 0) is 6.92 Å². The van der Waals surface area contributed by atoms with Crippen LogP contribution in [-0.4, -0.2) is 32.1 Å². The molecule has 2 nitrogen and oxygen atoms in total. The Labute approximate surface area is 65.5 Å². The highest BCUT2D eigenvalue weighted by Crippen LogP contribution is 2.17.